The molecule has 0 bridgehead atoms. The molecule has 2 saturated heterocycles. The Morgan fingerprint density at radius 3 is 2.09 bits per heavy atom. The zero-order valence-electron chi connectivity index (χ0n) is 13.8. The van der Waals surface area contributed by atoms with Crippen molar-refractivity contribution in [3.8, 4) is 5.75 Å². The van der Waals surface area contributed by atoms with Crippen molar-refractivity contribution >= 4 is 0 Å². The molecule has 0 aromatic heterocycles. The zero-order chi connectivity index (χ0) is 15.0. The molecule has 2 aliphatic rings. The first-order chi connectivity index (χ1) is 10.9. The summed E-state index contributed by atoms with van der Waals surface area (Å²) >= 11 is 0. The monoisotopic (exact) mass is 318 g/mol. The molecule has 0 spiro atoms. The molecule has 3 rings (SSSR count). The van der Waals surface area contributed by atoms with Gasteiger partial charge in [-0.05, 0) is 76.0 Å². The summed E-state index contributed by atoms with van der Waals surface area (Å²) in [5, 5.41) is 0. The minimum absolute atomic E-state index is 0. The fourth-order valence-corrected chi connectivity index (χ4v) is 3.55. The van der Waals surface area contributed by atoms with Crippen LogP contribution >= 0.6 is 0 Å². The predicted molar refractivity (Wildman–Crippen MR) is 98.1 cm³/mol. The maximum atomic E-state index is 5.88. The molecule has 3 heteroatoms. The summed E-state index contributed by atoms with van der Waals surface area (Å²) in [5.41, 5.74) is 1.41. The van der Waals surface area contributed by atoms with Crippen molar-refractivity contribution in [3.05, 3.63) is 29.8 Å². The molecule has 130 valence electrons. The van der Waals surface area contributed by atoms with E-state index in [1.807, 2.05) is 0 Å². The molecule has 2 heterocycles. The lowest BCUT2D eigenvalue weighted by Gasteiger charge is -2.26. The maximum Gasteiger partial charge on any atom is 0.119 e. The summed E-state index contributed by atoms with van der Waals surface area (Å²) < 4.78 is 5.88. The number of hydrogen-bond acceptors (Lipinski definition) is 3. The summed E-state index contributed by atoms with van der Waals surface area (Å²) in [6.07, 6.45) is 8.02. The van der Waals surface area contributed by atoms with Crippen molar-refractivity contribution in [1.29, 1.82) is 0 Å². The van der Waals surface area contributed by atoms with Crippen LogP contribution in [0.15, 0.2) is 24.3 Å². The molecular weight excluding hydrogens is 284 g/mol. The van der Waals surface area contributed by atoms with Crippen LogP contribution in [-0.2, 0) is 6.54 Å². The minimum Gasteiger partial charge on any atom is -0.494 e. The lowest BCUT2D eigenvalue weighted by molar-refractivity contribution is 0.205. The fourth-order valence-electron chi connectivity index (χ4n) is 3.55. The number of piperidine rings is 1. The summed E-state index contributed by atoms with van der Waals surface area (Å²) in [6.45, 7) is 8.20. The number of nitrogens with zero attached hydrogens (tertiary/aromatic N) is 2. The van der Waals surface area contributed by atoms with Crippen LogP contribution in [0.2, 0.25) is 0 Å². The van der Waals surface area contributed by atoms with E-state index in [0.29, 0.717) is 0 Å². The molecular formula is C20H34N2O. The second-order valence-electron chi connectivity index (χ2n) is 6.73. The summed E-state index contributed by atoms with van der Waals surface area (Å²) in [7, 11) is 0. The molecule has 0 unspecified atom stereocenters. The van der Waals surface area contributed by atoms with Gasteiger partial charge in [0.05, 0.1) is 6.61 Å². The molecule has 2 aliphatic heterocycles. The Hall–Kier alpha value is -1.06. The molecule has 3 nitrogen and oxygen atoms in total. The summed E-state index contributed by atoms with van der Waals surface area (Å²) in [4.78, 5) is 5.11. The third-order valence-corrected chi connectivity index (χ3v) is 4.86. The van der Waals surface area contributed by atoms with Crippen molar-refractivity contribution in [3.63, 3.8) is 0 Å². The predicted octanol–water partition coefficient (Wildman–Crippen LogP) is 4.17. The molecule has 0 aliphatic carbocycles. The van der Waals surface area contributed by atoms with E-state index < -0.39 is 0 Å². The van der Waals surface area contributed by atoms with E-state index in [4.69, 9.17) is 4.74 Å². The first-order valence-corrected chi connectivity index (χ1v) is 9.07. The van der Waals surface area contributed by atoms with E-state index in [9.17, 15) is 0 Å². The number of ether oxygens (including phenoxy) is 1. The number of hydrogen-bond donors (Lipinski definition) is 0. The van der Waals surface area contributed by atoms with Gasteiger partial charge in [0.2, 0.25) is 0 Å². The molecule has 2 fully saturated rings. The van der Waals surface area contributed by atoms with E-state index in [0.717, 1.165) is 25.3 Å². The number of rotatable bonds is 7. The van der Waals surface area contributed by atoms with Crippen molar-refractivity contribution in [2.75, 3.05) is 39.3 Å². The van der Waals surface area contributed by atoms with Crippen molar-refractivity contribution in [2.24, 2.45) is 0 Å². The molecule has 0 amide bonds. The highest BCUT2D eigenvalue weighted by atomic mass is 16.5. The van der Waals surface area contributed by atoms with Gasteiger partial charge in [0, 0.05) is 13.1 Å². The highest BCUT2D eigenvalue weighted by molar-refractivity contribution is 5.27. The molecule has 0 saturated carbocycles. The van der Waals surface area contributed by atoms with Gasteiger partial charge < -0.3 is 9.64 Å². The smallest absolute Gasteiger partial charge is 0.119 e. The van der Waals surface area contributed by atoms with E-state index >= 15 is 0 Å². The average Bonchev–Trinajstić information content (AvgIpc) is 3.07. The van der Waals surface area contributed by atoms with Crippen LogP contribution < -0.4 is 4.74 Å². The lowest BCUT2D eigenvalue weighted by atomic mass is 10.1. The molecule has 0 atom stereocenters. The first kappa shape index (κ1) is 18.3. The molecule has 1 aromatic rings. The second kappa shape index (κ2) is 9.94. The quantitative estimate of drug-likeness (QED) is 0.702. The van der Waals surface area contributed by atoms with Gasteiger partial charge >= 0.3 is 0 Å². The van der Waals surface area contributed by atoms with Crippen LogP contribution in [0.25, 0.3) is 0 Å². The second-order valence-corrected chi connectivity index (χ2v) is 6.73. The highest BCUT2D eigenvalue weighted by Crippen LogP contribution is 2.17. The topological polar surface area (TPSA) is 15.7 Å². The van der Waals surface area contributed by atoms with E-state index in [2.05, 4.69) is 34.1 Å². The van der Waals surface area contributed by atoms with Gasteiger partial charge in [-0.25, -0.2) is 0 Å². The summed E-state index contributed by atoms with van der Waals surface area (Å²) in [5.74, 6) is 1.02. The maximum absolute atomic E-state index is 5.88. The largest absolute Gasteiger partial charge is 0.494 e. The van der Waals surface area contributed by atoms with E-state index in [-0.39, 0.29) is 7.43 Å². The Kier molecular flexibility index (Phi) is 7.90. The van der Waals surface area contributed by atoms with Crippen LogP contribution in [0.5, 0.6) is 5.75 Å². The minimum atomic E-state index is 0. The van der Waals surface area contributed by atoms with Crippen LogP contribution in [-0.4, -0.2) is 49.1 Å². The molecule has 0 radical (unpaired) electrons. The normalized spacial score (nSPS) is 19.5. The van der Waals surface area contributed by atoms with Crippen LogP contribution in [0.3, 0.4) is 0 Å². The van der Waals surface area contributed by atoms with E-state index in [1.165, 1.54) is 70.4 Å². The third kappa shape index (κ3) is 6.15. The van der Waals surface area contributed by atoms with Gasteiger partial charge in [0.25, 0.3) is 0 Å². The van der Waals surface area contributed by atoms with Crippen LogP contribution in [0, 0.1) is 0 Å². The Bertz CT molecular complexity index is 420. The van der Waals surface area contributed by atoms with Gasteiger partial charge in [0.1, 0.15) is 5.75 Å². The van der Waals surface area contributed by atoms with Gasteiger partial charge in [-0.2, -0.15) is 0 Å². The Morgan fingerprint density at radius 1 is 0.783 bits per heavy atom. The van der Waals surface area contributed by atoms with E-state index in [1.54, 1.807) is 0 Å². The van der Waals surface area contributed by atoms with Crippen molar-refractivity contribution < 1.29 is 4.74 Å². The highest BCUT2D eigenvalue weighted by Gasteiger charge is 2.11. The molecule has 0 N–H and O–H groups in total. The van der Waals surface area contributed by atoms with Crippen molar-refractivity contribution in [2.45, 2.75) is 52.5 Å². The Morgan fingerprint density at radius 2 is 1.39 bits per heavy atom. The van der Waals surface area contributed by atoms with Crippen molar-refractivity contribution in [1.82, 2.24) is 9.80 Å². The lowest BCUT2D eigenvalue weighted by Crippen LogP contribution is -2.31. The standard InChI is InChI=1S/C19H30N2O.CH4/c1-2-11-20(12-3-1)15-6-16-22-19-9-7-18(8-10-19)17-21-13-4-5-14-21;/h7-10H,1-6,11-17H2;1H4. The number of benzene rings is 1. The summed E-state index contributed by atoms with van der Waals surface area (Å²) in [6, 6.07) is 8.70. The third-order valence-electron chi connectivity index (χ3n) is 4.86. The molecule has 23 heavy (non-hydrogen) atoms. The van der Waals surface area contributed by atoms with Gasteiger partial charge in [-0.15, -0.1) is 0 Å². The molecule has 1 aromatic carbocycles. The Labute approximate surface area is 142 Å². The van der Waals surface area contributed by atoms with Crippen LogP contribution in [0.1, 0.15) is 51.5 Å². The van der Waals surface area contributed by atoms with Gasteiger partial charge in [-0.1, -0.05) is 26.0 Å². The Balaban J connectivity index is 0.00000192. The van der Waals surface area contributed by atoms with Gasteiger partial charge in [0.15, 0.2) is 0 Å². The van der Waals surface area contributed by atoms with Gasteiger partial charge in [-0.3, -0.25) is 4.90 Å². The fraction of sp³-hybridized carbons (Fsp3) is 0.700. The number of likely N-dealkylation sites (tertiary alicyclic amines) is 2. The zero-order valence-corrected chi connectivity index (χ0v) is 13.8. The van der Waals surface area contributed by atoms with Crippen LogP contribution in [0.4, 0.5) is 0 Å². The average molecular weight is 319 g/mol. The first-order valence-electron chi connectivity index (χ1n) is 9.07. The SMILES string of the molecule is C.c1cc(OCCCN2CCCCC2)ccc1CN1CCCC1.